The maximum absolute atomic E-state index is 12.1. The zero-order valence-electron chi connectivity index (χ0n) is 11.2. The minimum atomic E-state index is -0.647. The molecule has 1 aromatic rings. The molecule has 1 N–H and O–H groups in total. The number of hydrogen-bond acceptors (Lipinski definition) is 3. The molecule has 0 aliphatic heterocycles. The van der Waals surface area contributed by atoms with Crippen LogP contribution in [0.4, 0.5) is 5.69 Å². The van der Waals surface area contributed by atoms with E-state index in [4.69, 9.17) is 4.74 Å². The molecule has 1 aromatic carbocycles. The van der Waals surface area contributed by atoms with Crippen molar-refractivity contribution in [1.29, 1.82) is 0 Å². The number of rotatable bonds is 6. The summed E-state index contributed by atoms with van der Waals surface area (Å²) in [7, 11) is 0. The van der Waals surface area contributed by atoms with Gasteiger partial charge < -0.3 is 4.74 Å². The third-order valence-corrected chi connectivity index (χ3v) is 3.12. The lowest BCUT2D eigenvalue weighted by molar-refractivity contribution is -0.379. The monoisotopic (exact) mass is 250 g/mol. The molecule has 0 saturated heterocycles. The fourth-order valence-corrected chi connectivity index (χ4v) is 2.06. The minimum absolute atomic E-state index is 0.213. The van der Waals surface area contributed by atoms with E-state index in [2.05, 4.69) is 0 Å². The van der Waals surface area contributed by atoms with E-state index in [0.717, 1.165) is 18.4 Å². The van der Waals surface area contributed by atoms with Crippen molar-refractivity contribution in [2.75, 3.05) is 6.61 Å². The van der Waals surface area contributed by atoms with Crippen LogP contribution in [0, 0.1) is 4.91 Å². The third kappa shape index (κ3) is 2.94. The summed E-state index contributed by atoms with van der Waals surface area (Å²) in [5, 5.41) is 1.83. The van der Waals surface area contributed by atoms with Crippen LogP contribution in [-0.2, 0) is 14.9 Å². The van der Waals surface area contributed by atoms with Gasteiger partial charge in [0.15, 0.2) is 0 Å². The highest BCUT2D eigenvalue weighted by molar-refractivity contribution is 5.82. The zero-order chi connectivity index (χ0) is 13.6. The average molecular weight is 250 g/mol. The molecule has 1 atom stereocenters. The third-order valence-electron chi connectivity index (χ3n) is 3.12. The highest BCUT2D eigenvalue weighted by Crippen LogP contribution is 2.31. The molecule has 0 amide bonds. The molecule has 0 heterocycles. The molecule has 0 saturated carbocycles. The quantitative estimate of drug-likeness (QED) is 0.783. The molecular formula is C14H20NO3+. The number of ether oxygens (including phenoxy) is 1. The molecule has 0 aliphatic rings. The number of carbonyl (C=O) groups is 1. The van der Waals surface area contributed by atoms with Crippen molar-refractivity contribution in [1.82, 2.24) is 0 Å². The first kappa shape index (κ1) is 14.4. The van der Waals surface area contributed by atoms with Crippen LogP contribution in [0.25, 0.3) is 0 Å². The summed E-state index contributed by atoms with van der Waals surface area (Å²) in [6.07, 6.45) is 1.60. The van der Waals surface area contributed by atoms with E-state index in [1.807, 2.05) is 19.0 Å². The van der Waals surface area contributed by atoms with Crippen LogP contribution in [0.2, 0.25) is 0 Å². The highest BCUT2D eigenvalue weighted by atomic mass is 16.5. The minimum Gasteiger partial charge on any atom is -0.465 e. The van der Waals surface area contributed by atoms with Gasteiger partial charge in [-0.05, 0) is 25.8 Å². The van der Waals surface area contributed by atoms with Crippen LogP contribution >= 0.6 is 0 Å². The van der Waals surface area contributed by atoms with Gasteiger partial charge in [-0.2, -0.15) is 0 Å². The van der Waals surface area contributed by atoms with E-state index in [1.54, 1.807) is 31.2 Å². The Morgan fingerprint density at radius 3 is 2.33 bits per heavy atom. The molecule has 4 nitrogen and oxygen atoms in total. The van der Waals surface area contributed by atoms with E-state index in [9.17, 15) is 9.70 Å². The molecule has 98 valence electrons. The van der Waals surface area contributed by atoms with Crippen LogP contribution in [0.1, 0.15) is 39.2 Å². The van der Waals surface area contributed by atoms with Crippen molar-refractivity contribution < 1.29 is 14.7 Å². The maximum atomic E-state index is 12.1. The number of carbonyl (C=O) groups excluding carboxylic acids is 1. The number of benzene rings is 1. The molecule has 0 bridgehead atoms. The van der Waals surface area contributed by atoms with Crippen molar-refractivity contribution >= 4 is 11.7 Å². The standard InChI is InChI=1S/C14H19NO3/c1-4-10-14(3,13(16)18-5-2)11-6-8-12(15-17)9-7-11/h6-9H,4-5,10H2,1-3H3/p+1. The molecule has 18 heavy (non-hydrogen) atoms. The van der Waals surface area contributed by atoms with E-state index in [0.29, 0.717) is 12.3 Å². The van der Waals surface area contributed by atoms with Gasteiger partial charge in [0.2, 0.25) is 0 Å². The summed E-state index contributed by atoms with van der Waals surface area (Å²) >= 11 is 0. The molecule has 0 radical (unpaired) electrons. The lowest BCUT2D eigenvalue weighted by Gasteiger charge is -2.27. The van der Waals surface area contributed by atoms with Crippen LogP contribution in [0.15, 0.2) is 24.3 Å². The van der Waals surface area contributed by atoms with Crippen molar-refractivity contribution in [3.63, 3.8) is 0 Å². The Morgan fingerprint density at radius 2 is 1.89 bits per heavy atom. The Labute approximate surface area is 107 Å². The van der Waals surface area contributed by atoms with Crippen molar-refractivity contribution in [3.05, 3.63) is 34.7 Å². The molecule has 4 heteroatoms. The first-order valence-electron chi connectivity index (χ1n) is 6.24. The fourth-order valence-electron chi connectivity index (χ4n) is 2.06. The van der Waals surface area contributed by atoms with E-state index >= 15 is 0 Å². The summed E-state index contributed by atoms with van der Waals surface area (Å²) in [6, 6.07) is 6.95. The Hall–Kier alpha value is -1.71. The van der Waals surface area contributed by atoms with Crippen molar-refractivity contribution in [2.24, 2.45) is 0 Å². The van der Waals surface area contributed by atoms with E-state index < -0.39 is 5.41 Å². The fraction of sp³-hybridized carbons (Fsp3) is 0.500. The first-order valence-corrected chi connectivity index (χ1v) is 6.24. The Balaban J connectivity index is 3.08. The number of hydrogen-bond donors (Lipinski definition) is 1. The largest absolute Gasteiger partial charge is 0.465 e. The molecule has 0 fully saturated rings. The molecular weight excluding hydrogens is 230 g/mol. The van der Waals surface area contributed by atoms with Gasteiger partial charge >= 0.3 is 5.97 Å². The van der Waals surface area contributed by atoms with Gasteiger partial charge in [0.25, 0.3) is 5.69 Å². The number of esters is 1. The summed E-state index contributed by atoms with van der Waals surface area (Å²) in [4.78, 5) is 22.6. The number of nitroso groups, excluding NO2 is 1. The van der Waals surface area contributed by atoms with Gasteiger partial charge in [-0.3, -0.25) is 4.79 Å². The number of nitrogens with one attached hydrogen (secondary N) is 1. The molecule has 0 aliphatic carbocycles. The molecule has 0 aromatic heterocycles. The molecule has 1 unspecified atom stereocenters. The van der Waals surface area contributed by atoms with Gasteiger partial charge in [0.1, 0.15) is 0 Å². The average Bonchev–Trinajstić information content (AvgIpc) is 2.39. The predicted molar refractivity (Wildman–Crippen MR) is 69.3 cm³/mol. The Kier molecular flexibility index (Phi) is 5.01. The van der Waals surface area contributed by atoms with Gasteiger partial charge in [-0.25, -0.2) is 0 Å². The van der Waals surface area contributed by atoms with Crippen LogP contribution < -0.4 is 5.18 Å². The topological polar surface area (TPSA) is 57.3 Å². The van der Waals surface area contributed by atoms with Gasteiger partial charge in [-0.1, -0.05) is 25.5 Å². The highest BCUT2D eigenvalue weighted by Gasteiger charge is 2.35. The van der Waals surface area contributed by atoms with E-state index in [1.165, 1.54) is 0 Å². The molecule has 1 rings (SSSR count). The van der Waals surface area contributed by atoms with Crippen molar-refractivity contribution in [2.45, 2.75) is 39.0 Å². The predicted octanol–water partition coefficient (Wildman–Crippen LogP) is 1.79. The summed E-state index contributed by atoms with van der Waals surface area (Å²) in [5.41, 5.74) is 0.717. The van der Waals surface area contributed by atoms with Gasteiger partial charge in [-0.15, -0.1) is 0 Å². The van der Waals surface area contributed by atoms with E-state index in [-0.39, 0.29) is 5.97 Å². The zero-order valence-corrected chi connectivity index (χ0v) is 11.2. The normalized spacial score (nSPS) is 13.7. The maximum Gasteiger partial charge on any atom is 0.316 e. The second-order valence-electron chi connectivity index (χ2n) is 4.48. The second kappa shape index (κ2) is 6.28. The van der Waals surface area contributed by atoms with Crippen molar-refractivity contribution in [3.8, 4) is 0 Å². The lowest BCUT2D eigenvalue weighted by atomic mass is 9.78. The summed E-state index contributed by atoms with van der Waals surface area (Å²) in [6.45, 7) is 6.09. The smallest absolute Gasteiger partial charge is 0.316 e. The SMILES string of the molecule is CCCC(C)(C(=O)OCC)c1ccc([NH+]=O)cc1. The van der Waals surface area contributed by atoms with Gasteiger partial charge in [0.05, 0.1) is 12.0 Å². The Bertz CT molecular complexity index is 414. The van der Waals surface area contributed by atoms with Crippen LogP contribution in [0.3, 0.4) is 0 Å². The Morgan fingerprint density at radius 1 is 1.28 bits per heavy atom. The lowest BCUT2D eigenvalue weighted by Crippen LogP contribution is -2.55. The molecule has 0 spiro atoms. The summed E-state index contributed by atoms with van der Waals surface area (Å²) in [5.74, 6) is -0.213. The van der Waals surface area contributed by atoms with Gasteiger partial charge in [0, 0.05) is 22.2 Å². The van der Waals surface area contributed by atoms with Crippen LogP contribution in [0.5, 0.6) is 0 Å². The second-order valence-corrected chi connectivity index (χ2v) is 4.48. The van der Waals surface area contributed by atoms with Crippen LogP contribution in [-0.4, -0.2) is 12.6 Å². The summed E-state index contributed by atoms with van der Waals surface area (Å²) < 4.78 is 5.15. The first-order chi connectivity index (χ1) is 8.58.